The van der Waals surface area contributed by atoms with Gasteiger partial charge in [0.2, 0.25) is 0 Å². The number of nitro benzene ring substituents is 1. The molecule has 2 aromatic rings. The van der Waals surface area contributed by atoms with Crippen LogP contribution < -0.4 is 4.74 Å². The standard InChI is InChI=1S/C17H15Cl2NO6/c18-13-5-6-16(14(19)9-13)26-11-17(21)25-8-7-24-10-12-3-1-2-4-15(12)20(22)23/h1-6,9H,7-8,10-11H2. The van der Waals surface area contributed by atoms with Gasteiger partial charge in [-0.05, 0) is 24.3 Å². The Morgan fingerprint density at radius 2 is 1.88 bits per heavy atom. The molecule has 0 aromatic heterocycles. The largest absolute Gasteiger partial charge is 0.480 e. The van der Waals surface area contributed by atoms with Crippen LogP contribution in [0.25, 0.3) is 0 Å². The van der Waals surface area contributed by atoms with Gasteiger partial charge >= 0.3 is 5.97 Å². The molecule has 0 saturated heterocycles. The van der Waals surface area contributed by atoms with Crippen LogP contribution in [-0.2, 0) is 20.9 Å². The maximum Gasteiger partial charge on any atom is 0.344 e. The van der Waals surface area contributed by atoms with Crippen LogP contribution >= 0.6 is 23.2 Å². The van der Waals surface area contributed by atoms with Crippen molar-refractivity contribution in [3.8, 4) is 5.75 Å². The second kappa shape index (κ2) is 9.96. The van der Waals surface area contributed by atoms with Gasteiger partial charge in [-0.3, -0.25) is 10.1 Å². The van der Waals surface area contributed by atoms with E-state index in [1.165, 1.54) is 12.1 Å². The first-order valence-corrected chi connectivity index (χ1v) is 8.26. The van der Waals surface area contributed by atoms with E-state index in [2.05, 4.69) is 0 Å². The van der Waals surface area contributed by atoms with Gasteiger partial charge in [0.15, 0.2) is 6.61 Å². The van der Waals surface area contributed by atoms with E-state index < -0.39 is 10.9 Å². The first-order valence-electron chi connectivity index (χ1n) is 7.51. The van der Waals surface area contributed by atoms with Crippen molar-refractivity contribution in [2.75, 3.05) is 19.8 Å². The molecule has 9 heteroatoms. The predicted molar refractivity (Wildman–Crippen MR) is 95.7 cm³/mol. The number of esters is 1. The molecule has 7 nitrogen and oxygen atoms in total. The number of carbonyl (C=O) groups excluding carboxylic acids is 1. The Morgan fingerprint density at radius 3 is 2.62 bits per heavy atom. The van der Waals surface area contributed by atoms with Crippen molar-refractivity contribution in [2.24, 2.45) is 0 Å². The molecule has 0 spiro atoms. The van der Waals surface area contributed by atoms with Crippen LogP contribution in [0.5, 0.6) is 5.75 Å². The molecule has 2 rings (SSSR count). The summed E-state index contributed by atoms with van der Waals surface area (Å²) in [6.45, 7) is -0.173. The van der Waals surface area contributed by atoms with Crippen molar-refractivity contribution in [1.29, 1.82) is 0 Å². The van der Waals surface area contributed by atoms with Crippen LogP contribution in [0.3, 0.4) is 0 Å². The molecule has 0 heterocycles. The Labute approximate surface area is 159 Å². The van der Waals surface area contributed by atoms with E-state index in [0.29, 0.717) is 16.3 Å². The number of rotatable bonds is 9. The summed E-state index contributed by atoms with van der Waals surface area (Å²) in [7, 11) is 0. The van der Waals surface area contributed by atoms with Gasteiger partial charge in [0.1, 0.15) is 12.4 Å². The average molecular weight is 400 g/mol. The third-order valence-corrected chi connectivity index (χ3v) is 3.71. The Balaban J connectivity index is 1.67. The first kappa shape index (κ1) is 20.0. The van der Waals surface area contributed by atoms with Crippen LogP contribution in [0.15, 0.2) is 42.5 Å². The minimum Gasteiger partial charge on any atom is -0.480 e. The van der Waals surface area contributed by atoms with E-state index in [1.54, 1.807) is 30.3 Å². The van der Waals surface area contributed by atoms with Gasteiger partial charge in [0.05, 0.1) is 28.7 Å². The van der Waals surface area contributed by atoms with Crippen molar-refractivity contribution >= 4 is 34.9 Å². The fourth-order valence-electron chi connectivity index (χ4n) is 1.98. The van der Waals surface area contributed by atoms with Gasteiger partial charge in [0, 0.05) is 11.1 Å². The van der Waals surface area contributed by atoms with Gasteiger partial charge in [-0.2, -0.15) is 0 Å². The second-order valence-corrected chi connectivity index (χ2v) is 5.87. The molecule has 0 unspecified atom stereocenters. The zero-order valence-corrected chi connectivity index (χ0v) is 15.0. The number of hydrogen-bond donors (Lipinski definition) is 0. The van der Waals surface area contributed by atoms with E-state index in [1.807, 2.05) is 0 Å². The van der Waals surface area contributed by atoms with E-state index in [9.17, 15) is 14.9 Å². The van der Waals surface area contributed by atoms with Crippen LogP contribution in [0.1, 0.15) is 5.56 Å². The van der Waals surface area contributed by atoms with Crippen molar-refractivity contribution in [1.82, 2.24) is 0 Å². The topological polar surface area (TPSA) is 87.9 Å². The smallest absolute Gasteiger partial charge is 0.344 e. The molecule has 0 amide bonds. The molecule has 0 N–H and O–H groups in total. The van der Waals surface area contributed by atoms with Crippen molar-refractivity contribution in [3.05, 3.63) is 68.2 Å². The third kappa shape index (κ3) is 6.18. The van der Waals surface area contributed by atoms with Gasteiger partial charge in [-0.1, -0.05) is 35.3 Å². The van der Waals surface area contributed by atoms with Gasteiger partial charge in [0.25, 0.3) is 5.69 Å². The molecule has 0 aliphatic rings. The predicted octanol–water partition coefficient (Wildman–Crippen LogP) is 4.04. The zero-order valence-electron chi connectivity index (χ0n) is 13.5. The van der Waals surface area contributed by atoms with Crippen molar-refractivity contribution < 1.29 is 23.9 Å². The molecule has 0 aliphatic heterocycles. The van der Waals surface area contributed by atoms with Gasteiger partial charge < -0.3 is 14.2 Å². The number of ether oxygens (including phenoxy) is 3. The summed E-state index contributed by atoms with van der Waals surface area (Å²) in [5.41, 5.74) is 0.433. The molecule has 0 fully saturated rings. The maximum atomic E-state index is 11.6. The Kier molecular flexibility index (Phi) is 7.65. The highest BCUT2D eigenvalue weighted by molar-refractivity contribution is 6.35. The summed E-state index contributed by atoms with van der Waals surface area (Å²) in [6, 6.07) is 10.9. The molecule has 26 heavy (non-hydrogen) atoms. The lowest BCUT2D eigenvalue weighted by molar-refractivity contribution is -0.386. The summed E-state index contributed by atoms with van der Waals surface area (Å²) in [4.78, 5) is 22.0. The van der Waals surface area contributed by atoms with Crippen LogP contribution in [0.4, 0.5) is 5.69 Å². The summed E-state index contributed by atoms with van der Waals surface area (Å²) in [5, 5.41) is 11.6. The maximum absolute atomic E-state index is 11.6. The van der Waals surface area contributed by atoms with E-state index in [-0.39, 0.29) is 37.1 Å². The van der Waals surface area contributed by atoms with Crippen LogP contribution in [0, 0.1) is 10.1 Å². The quantitative estimate of drug-likeness (QED) is 0.273. The summed E-state index contributed by atoms with van der Waals surface area (Å²) < 4.78 is 15.5. The monoisotopic (exact) mass is 399 g/mol. The Morgan fingerprint density at radius 1 is 1.12 bits per heavy atom. The summed E-state index contributed by atoms with van der Waals surface area (Å²) in [6.07, 6.45) is 0. The molecule has 2 aromatic carbocycles. The molecular formula is C17H15Cl2NO6. The minimum absolute atomic E-state index is 0.00280. The second-order valence-electron chi connectivity index (χ2n) is 5.02. The number of halogens is 2. The molecule has 0 atom stereocenters. The molecule has 0 bridgehead atoms. The highest BCUT2D eigenvalue weighted by Gasteiger charge is 2.12. The highest BCUT2D eigenvalue weighted by atomic mass is 35.5. The number of para-hydroxylation sites is 1. The van der Waals surface area contributed by atoms with Crippen LogP contribution in [-0.4, -0.2) is 30.7 Å². The number of carbonyl (C=O) groups is 1. The minimum atomic E-state index is -0.592. The number of nitrogens with zero attached hydrogens (tertiary/aromatic N) is 1. The molecule has 0 saturated carbocycles. The van der Waals surface area contributed by atoms with Crippen molar-refractivity contribution in [2.45, 2.75) is 6.61 Å². The number of nitro groups is 1. The highest BCUT2D eigenvalue weighted by Crippen LogP contribution is 2.27. The van der Waals surface area contributed by atoms with E-state index >= 15 is 0 Å². The molecular weight excluding hydrogens is 385 g/mol. The average Bonchev–Trinajstić information content (AvgIpc) is 2.61. The lowest BCUT2D eigenvalue weighted by Crippen LogP contribution is -2.17. The molecule has 0 radical (unpaired) electrons. The fourth-order valence-corrected chi connectivity index (χ4v) is 2.44. The Hall–Kier alpha value is -2.35. The van der Waals surface area contributed by atoms with Gasteiger partial charge in [-0.15, -0.1) is 0 Å². The summed E-state index contributed by atoms with van der Waals surface area (Å²) >= 11 is 11.7. The normalized spacial score (nSPS) is 10.4. The third-order valence-electron chi connectivity index (χ3n) is 3.18. The van der Waals surface area contributed by atoms with Crippen LogP contribution in [0.2, 0.25) is 10.0 Å². The lowest BCUT2D eigenvalue weighted by Gasteiger charge is -2.09. The van der Waals surface area contributed by atoms with Crippen molar-refractivity contribution in [3.63, 3.8) is 0 Å². The molecule has 0 aliphatic carbocycles. The first-order chi connectivity index (χ1) is 12.5. The number of benzene rings is 2. The number of hydrogen-bond acceptors (Lipinski definition) is 6. The SMILES string of the molecule is O=C(COc1ccc(Cl)cc1Cl)OCCOCc1ccccc1[N+](=O)[O-]. The zero-order chi connectivity index (χ0) is 18.9. The van der Waals surface area contributed by atoms with E-state index in [4.69, 9.17) is 37.4 Å². The lowest BCUT2D eigenvalue weighted by atomic mass is 10.2. The Bertz CT molecular complexity index is 784. The fraction of sp³-hybridized carbons (Fsp3) is 0.235. The summed E-state index contributed by atoms with van der Waals surface area (Å²) in [5.74, 6) is -0.272. The molecule has 138 valence electrons. The van der Waals surface area contributed by atoms with Gasteiger partial charge in [-0.25, -0.2) is 4.79 Å². The van der Waals surface area contributed by atoms with E-state index in [0.717, 1.165) is 0 Å².